The van der Waals surface area contributed by atoms with Crippen LogP contribution in [0.1, 0.15) is 45.1 Å². The second-order valence-corrected chi connectivity index (χ2v) is 10.7. The normalized spacial score (nSPS) is 12.7. The molecule has 4 rings (SSSR count). The lowest BCUT2D eigenvalue weighted by Gasteiger charge is -2.17. The number of aryl methyl sites for hydroxylation is 1. The van der Waals surface area contributed by atoms with Gasteiger partial charge in [0.1, 0.15) is 0 Å². The van der Waals surface area contributed by atoms with Crippen LogP contribution in [-0.4, -0.2) is 33.4 Å². The van der Waals surface area contributed by atoms with Crippen molar-refractivity contribution in [3.05, 3.63) is 65.3 Å². The van der Waals surface area contributed by atoms with Crippen LogP contribution in [0.2, 0.25) is 5.02 Å². The molecule has 4 aromatic rings. The highest BCUT2D eigenvalue weighted by Gasteiger charge is 2.24. The molecular weight excluding hydrogens is 489 g/mol. The second-order valence-electron chi connectivity index (χ2n) is 8.46. The number of nitrogens with zero attached hydrogens (tertiary/aromatic N) is 4. The lowest BCUT2D eigenvalue weighted by Crippen LogP contribution is -2.20. The Bertz CT molecular complexity index is 1450. The number of anilines is 1. The van der Waals surface area contributed by atoms with E-state index in [0.29, 0.717) is 16.0 Å². The Morgan fingerprint density at radius 3 is 2.57 bits per heavy atom. The molecule has 0 aliphatic heterocycles. The van der Waals surface area contributed by atoms with Crippen LogP contribution in [0, 0.1) is 12.7 Å². The summed E-state index contributed by atoms with van der Waals surface area (Å²) in [5.41, 5.74) is 1.51. The number of aromatic nitrogens is 4. The van der Waals surface area contributed by atoms with Crippen molar-refractivity contribution < 1.29 is 12.8 Å². The first-order valence-electron chi connectivity index (χ1n) is 11.5. The number of halogens is 2. The lowest BCUT2D eigenvalue weighted by atomic mass is 10.1. The van der Waals surface area contributed by atoms with Gasteiger partial charge in [-0.2, -0.15) is 0 Å². The van der Waals surface area contributed by atoms with Gasteiger partial charge in [0.05, 0.1) is 16.1 Å². The van der Waals surface area contributed by atoms with Gasteiger partial charge in [-0.05, 0) is 38.0 Å². The monoisotopic (exact) mass is 515 g/mol. The van der Waals surface area contributed by atoms with E-state index < -0.39 is 15.8 Å². The van der Waals surface area contributed by atoms with E-state index in [0.717, 1.165) is 41.4 Å². The molecule has 3 aromatic heterocycles. The lowest BCUT2D eigenvalue weighted by molar-refractivity contribution is 0.574. The molecule has 0 unspecified atom stereocenters. The molecule has 35 heavy (non-hydrogen) atoms. The third kappa shape index (κ3) is 5.16. The van der Waals surface area contributed by atoms with Gasteiger partial charge in [0.25, 0.3) is 10.0 Å². The second kappa shape index (κ2) is 10.3. The van der Waals surface area contributed by atoms with Crippen molar-refractivity contribution in [3.8, 4) is 11.4 Å². The van der Waals surface area contributed by atoms with E-state index in [1.165, 1.54) is 12.4 Å². The zero-order valence-electron chi connectivity index (χ0n) is 19.8. The Kier molecular flexibility index (Phi) is 7.37. The number of nitrogens with one attached hydrogen (secondary N) is 1. The minimum atomic E-state index is -3.97. The van der Waals surface area contributed by atoms with E-state index in [1.54, 1.807) is 30.3 Å². The first-order chi connectivity index (χ1) is 16.7. The molecule has 0 amide bonds. The van der Waals surface area contributed by atoms with Gasteiger partial charge in [0.2, 0.25) is 0 Å². The highest BCUT2D eigenvalue weighted by atomic mass is 35.5. The summed E-state index contributed by atoms with van der Waals surface area (Å²) < 4.78 is 42.6. The van der Waals surface area contributed by atoms with Gasteiger partial charge in [0, 0.05) is 29.4 Å². The Morgan fingerprint density at radius 1 is 1.14 bits per heavy atom. The molecule has 0 saturated carbocycles. The van der Waals surface area contributed by atoms with Crippen molar-refractivity contribution in [1.29, 1.82) is 0 Å². The van der Waals surface area contributed by atoms with E-state index in [-0.39, 0.29) is 28.2 Å². The van der Waals surface area contributed by atoms with Crippen LogP contribution in [0.15, 0.2) is 53.8 Å². The number of pyridine rings is 1. The van der Waals surface area contributed by atoms with Gasteiger partial charge >= 0.3 is 0 Å². The van der Waals surface area contributed by atoms with Crippen LogP contribution in [-0.2, 0) is 10.0 Å². The standard InChI is InChI=1S/C25H27ClFN5O2S/c1-4-6-7-18(5-2)30-24-22(27)14-28-23(31-24)21-15-32(25-20(21)12-17(26)13-29-25)35(33,34)19-10-8-16(3)9-11-19/h8-15,18H,4-7H2,1-3H3,(H,28,30,31)/t18-/m1/s1. The van der Waals surface area contributed by atoms with E-state index in [1.807, 2.05) is 13.8 Å². The highest BCUT2D eigenvalue weighted by Crippen LogP contribution is 2.33. The molecule has 3 heterocycles. The highest BCUT2D eigenvalue weighted by molar-refractivity contribution is 7.90. The maximum atomic E-state index is 14.6. The Labute approximate surface area is 209 Å². The summed E-state index contributed by atoms with van der Waals surface area (Å²) >= 11 is 6.19. The minimum absolute atomic E-state index is 0.0616. The summed E-state index contributed by atoms with van der Waals surface area (Å²) in [5.74, 6) is -0.322. The van der Waals surface area contributed by atoms with Crippen molar-refractivity contribution in [2.24, 2.45) is 0 Å². The summed E-state index contributed by atoms with van der Waals surface area (Å²) in [6.07, 6.45) is 7.64. The number of fused-ring (bicyclic) bond motifs is 1. The van der Waals surface area contributed by atoms with Gasteiger partial charge in [-0.1, -0.05) is 56.0 Å². The number of hydrogen-bond donors (Lipinski definition) is 1. The molecule has 0 fully saturated rings. The molecular formula is C25H27ClFN5O2S. The summed E-state index contributed by atoms with van der Waals surface area (Å²) in [6, 6.07) is 8.22. The largest absolute Gasteiger partial charge is 0.365 e. The predicted octanol–water partition coefficient (Wildman–Crippen LogP) is 6.21. The Hall–Kier alpha value is -3.04. The first kappa shape index (κ1) is 25.1. The van der Waals surface area contributed by atoms with Crippen LogP contribution in [0.5, 0.6) is 0 Å². The molecule has 0 bridgehead atoms. The number of rotatable bonds is 9. The molecule has 0 spiro atoms. The van der Waals surface area contributed by atoms with Gasteiger partial charge in [0.15, 0.2) is 23.1 Å². The SMILES string of the molecule is CCCC[C@@H](CC)Nc1nc(-c2cn(S(=O)(=O)c3ccc(C)cc3)c3ncc(Cl)cc23)ncc1F. The fourth-order valence-corrected chi connectivity index (χ4v) is 5.34. The van der Waals surface area contributed by atoms with Crippen LogP contribution >= 0.6 is 11.6 Å². The molecule has 0 saturated heterocycles. The van der Waals surface area contributed by atoms with Crippen molar-refractivity contribution in [3.63, 3.8) is 0 Å². The van der Waals surface area contributed by atoms with Gasteiger partial charge in [-0.3, -0.25) is 0 Å². The smallest absolute Gasteiger partial charge is 0.269 e. The van der Waals surface area contributed by atoms with E-state index in [2.05, 4.69) is 27.2 Å². The van der Waals surface area contributed by atoms with E-state index in [4.69, 9.17) is 11.6 Å². The molecule has 0 aliphatic carbocycles. The van der Waals surface area contributed by atoms with Gasteiger partial charge in [-0.15, -0.1) is 0 Å². The molecule has 0 radical (unpaired) electrons. The van der Waals surface area contributed by atoms with Crippen molar-refractivity contribution in [2.75, 3.05) is 5.32 Å². The number of unbranched alkanes of at least 4 members (excludes halogenated alkanes) is 1. The molecule has 7 nitrogen and oxygen atoms in total. The molecule has 184 valence electrons. The quantitative estimate of drug-likeness (QED) is 0.285. The van der Waals surface area contributed by atoms with Crippen LogP contribution in [0.3, 0.4) is 0 Å². The summed E-state index contributed by atoms with van der Waals surface area (Å²) in [4.78, 5) is 13.0. The average molecular weight is 516 g/mol. The number of benzene rings is 1. The third-order valence-electron chi connectivity index (χ3n) is 5.88. The maximum Gasteiger partial charge on any atom is 0.269 e. The number of hydrogen-bond acceptors (Lipinski definition) is 6. The maximum absolute atomic E-state index is 14.6. The average Bonchev–Trinajstić information content (AvgIpc) is 3.22. The van der Waals surface area contributed by atoms with Gasteiger partial charge < -0.3 is 5.32 Å². The summed E-state index contributed by atoms with van der Waals surface area (Å²) in [6.45, 7) is 6.02. The molecule has 0 aliphatic rings. The minimum Gasteiger partial charge on any atom is -0.365 e. The summed E-state index contributed by atoms with van der Waals surface area (Å²) in [5, 5.41) is 3.95. The van der Waals surface area contributed by atoms with Crippen LogP contribution in [0.25, 0.3) is 22.4 Å². The summed E-state index contributed by atoms with van der Waals surface area (Å²) in [7, 11) is -3.97. The van der Waals surface area contributed by atoms with Crippen LogP contribution < -0.4 is 5.32 Å². The fraction of sp³-hybridized carbons (Fsp3) is 0.320. The van der Waals surface area contributed by atoms with E-state index in [9.17, 15) is 12.8 Å². The van der Waals surface area contributed by atoms with Crippen molar-refractivity contribution in [2.45, 2.75) is 57.4 Å². The van der Waals surface area contributed by atoms with Crippen LogP contribution in [0.4, 0.5) is 10.2 Å². The zero-order chi connectivity index (χ0) is 25.2. The Balaban J connectivity index is 1.83. The molecule has 1 aromatic carbocycles. The topological polar surface area (TPSA) is 89.8 Å². The van der Waals surface area contributed by atoms with E-state index >= 15 is 0 Å². The zero-order valence-corrected chi connectivity index (χ0v) is 21.4. The van der Waals surface area contributed by atoms with Crippen molar-refractivity contribution in [1.82, 2.24) is 18.9 Å². The molecule has 1 N–H and O–H groups in total. The van der Waals surface area contributed by atoms with Crippen molar-refractivity contribution >= 4 is 38.5 Å². The molecule has 10 heteroatoms. The molecule has 1 atom stereocenters. The van der Waals surface area contributed by atoms with Gasteiger partial charge in [-0.25, -0.2) is 31.7 Å². The Morgan fingerprint density at radius 2 is 1.89 bits per heavy atom. The predicted molar refractivity (Wildman–Crippen MR) is 137 cm³/mol. The first-order valence-corrected chi connectivity index (χ1v) is 13.3. The fourth-order valence-electron chi connectivity index (χ4n) is 3.86. The third-order valence-corrected chi connectivity index (χ3v) is 7.75.